The van der Waals surface area contributed by atoms with E-state index in [2.05, 4.69) is 0 Å². The zero-order valence-corrected chi connectivity index (χ0v) is 6.60. The normalized spacial score (nSPS) is 10.2. The fourth-order valence-electron chi connectivity index (χ4n) is 0.927. The van der Waals surface area contributed by atoms with Crippen molar-refractivity contribution in [3.8, 4) is 10.6 Å². The second-order valence-corrected chi connectivity index (χ2v) is 3.10. The van der Waals surface area contributed by atoms with E-state index in [1.165, 1.54) is 0 Å². The topological polar surface area (TPSA) is 39.2 Å². The second kappa shape index (κ2) is 2.43. The summed E-state index contributed by atoms with van der Waals surface area (Å²) in [6.45, 7) is 0. The maximum Gasteiger partial charge on any atom is 0.145 e. The van der Waals surface area contributed by atoms with Crippen LogP contribution in [-0.2, 0) is 0 Å². The Morgan fingerprint density at radius 2 is 2.27 bits per heavy atom. The summed E-state index contributed by atoms with van der Waals surface area (Å²) in [4.78, 5) is 1.01. The van der Waals surface area contributed by atoms with Gasteiger partial charge >= 0.3 is 0 Å². The number of nitrogens with two attached hydrogens (primary N) is 1. The Morgan fingerprint density at radius 3 is 2.82 bits per heavy atom. The predicted molar refractivity (Wildman–Crippen MR) is 46.4 cm³/mol. The van der Waals surface area contributed by atoms with E-state index < -0.39 is 0 Å². The highest BCUT2D eigenvalue weighted by molar-refractivity contribution is 7.14. The fourth-order valence-corrected chi connectivity index (χ4v) is 1.71. The van der Waals surface area contributed by atoms with E-state index in [4.69, 9.17) is 10.2 Å². The summed E-state index contributed by atoms with van der Waals surface area (Å²) in [5.41, 5.74) is 6.46. The Balaban J connectivity index is 2.53. The summed E-state index contributed by atoms with van der Waals surface area (Å²) >= 11 is 1.59. The standard InChI is InChI=1S/C8H7NOS/c9-6-3-5-11-8(6)7-2-1-4-10-7/h1-5H,9H2. The van der Waals surface area contributed by atoms with Gasteiger partial charge in [-0.2, -0.15) is 0 Å². The first-order valence-corrected chi connectivity index (χ1v) is 4.13. The number of furan rings is 1. The molecular weight excluding hydrogens is 158 g/mol. The van der Waals surface area contributed by atoms with Crippen LogP contribution in [0.15, 0.2) is 34.3 Å². The summed E-state index contributed by atoms with van der Waals surface area (Å²) in [6, 6.07) is 5.64. The quantitative estimate of drug-likeness (QED) is 0.705. The Labute approximate surface area is 68.3 Å². The second-order valence-electron chi connectivity index (χ2n) is 2.18. The third-order valence-electron chi connectivity index (χ3n) is 1.44. The molecule has 2 N–H and O–H groups in total. The van der Waals surface area contributed by atoms with Gasteiger partial charge in [-0.15, -0.1) is 11.3 Å². The number of rotatable bonds is 1. The lowest BCUT2D eigenvalue weighted by Crippen LogP contribution is -1.81. The van der Waals surface area contributed by atoms with Crippen LogP contribution in [0.3, 0.4) is 0 Å². The van der Waals surface area contributed by atoms with Crippen molar-refractivity contribution >= 4 is 17.0 Å². The molecule has 2 nitrogen and oxygen atoms in total. The summed E-state index contributed by atoms with van der Waals surface area (Å²) < 4.78 is 5.19. The molecule has 2 rings (SSSR count). The molecule has 0 saturated carbocycles. The van der Waals surface area contributed by atoms with Crippen LogP contribution in [0.5, 0.6) is 0 Å². The van der Waals surface area contributed by atoms with Gasteiger partial charge in [0.1, 0.15) is 5.76 Å². The molecule has 0 saturated heterocycles. The van der Waals surface area contributed by atoms with Gasteiger partial charge in [-0.1, -0.05) is 0 Å². The van der Waals surface area contributed by atoms with Crippen molar-refractivity contribution in [1.29, 1.82) is 0 Å². The zero-order chi connectivity index (χ0) is 7.68. The minimum Gasteiger partial charge on any atom is -0.463 e. The molecule has 0 radical (unpaired) electrons. The van der Waals surface area contributed by atoms with Gasteiger partial charge in [0.15, 0.2) is 0 Å². The number of hydrogen-bond acceptors (Lipinski definition) is 3. The number of nitrogen functional groups attached to an aromatic ring is 1. The molecule has 0 aromatic carbocycles. The number of anilines is 1. The monoisotopic (exact) mass is 165 g/mol. The van der Waals surface area contributed by atoms with Crippen molar-refractivity contribution in [2.45, 2.75) is 0 Å². The first-order valence-electron chi connectivity index (χ1n) is 3.25. The molecular formula is C8H7NOS. The van der Waals surface area contributed by atoms with Crippen molar-refractivity contribution in [2.75, 3.05) is 5.73 Å². The van der Waals surface area contributed by atoms with Gasteiger partial charge in [0.25, 0.3) is 0 Å². The first kappa shape index (κ1) is 6.49. The molecule has 0 atom stereocenters. The van der Waals surface area contributed by atoms with Crippen LogP contribution in [-0.4, -0.2) is 0 Å². The third kappa shape index (κ3) is 1.03. The summed E-state index contributed by atoms with van der Waals surface area (Å²) in [7, 11) is 0. The molecule has 0 fully saturated rings. The van der Waals surface area contributed by atoms with Gasteiger partial charge < -0.3 is 10.2 Å². The molecule has 56 valence electrons. The summed E-state index contributed by atoms with van der Waals surface area (Å²) in [5, 5.41) is 1.95. The Bertz CT molecular complexity index is 337. The van der Waals surface area contributed by atoms with Crippen LogP contribution in [0.4, 0.5) is 5.69 Å². The largest absolute Gasteiger partial charge is 0.463 e. The fraction of sp³-hybridized carbons (Fsp3) is 0. The molecule has 0 spiro atoms. The van der Waals surface area contributed by atoms with Gasteiger partial charge in [0.05, 0.1) is 16.8 Å². The van der Waals surface area contributed by atoms with Gasteiger partial charge in [0, 0.05) is 0 Å². The minimum atomic E-state index is 0.782. The van der Waals surface area contributed by atoms with E-state index in [1.54, 1.807) is 17.6 Å². The molecule has 3 heteroatoms. The highest BCUT2D eigenvalue weighted by Crippen LogP contribution is 2.31. The van der Waals surface area contributed by atoms with Crippen molar-refractivity contribution in [2.24, 2.45) is 0 Å². The Kier molecular flexibility index (Phi) is 1.43. The Morgan fingerprint density at radius 1 is 1.36 bits per heavy atom. The SMILES string of the molecule is Nc1ccsc1-c1ccco1. The molecule has 0 bridgehead atoms. The van der Waals surface area contributed by atoms with E-state index in [0.717, 1.165) is 16.3 Å². The van der Waals surface area contributed by atoms with E-state index >= 15 is 0 Å². The average molecular weight is 165 g/mol. The lowest BCUT2D eigenvalue weighted by atomic mass is 10.3. The maximum atomic E-state index is 5.68. The van der Waals surface area contributed by atoms with Crippen LogP contribution >= 0.6 is 11.3 Å². The molecule has 0 aliphatic carbocycles. The lowest BCUT2D eigenvalue weighted by Gasteiger charge is -1.91. The van der Waals surface area contributed by atoms with Crippen LogP contribution < -0.4 is 5.73 Å². The minimum absolute atomic E-state index is 0.782. The highest BCUT2D eigenvalue weighted by atomic mass is 32.1. The third-order valence-corrected chi connectivity index (χ3v) is 2.39. The van der Waals surface area contributed by atoms with Crippen molar-refractivity contribution in [1.82, 2.24) is 0 Å². The Hall–Kier alpha value is -1.22. The van der Waals surface area contributed by atoms with Gasteiger partial charge in [-0.05, 0) is 23.6 Å². The molecule has 0 aliphatic heterocycles. The molecule has 11 heavy (non-hydrogen) atoms. The van der Waals surface area contributed by atoms with Crippen molar-refractivity contribution < 1.29 is 4.42 Å². The lowest BCUT2D eigenvalue weighted by molar-refractivity contribution is 0.584. The van der Waals surface area contributed by atoms with Crippen LogP contribution in [0, 0.1) is 0 Å². The van der Waals surface area contributed by atoms with Crippen molar-refractivity contribution in [3.63, 3.8) is 0 Å². The number of thiophene rings is 1. The van der Waals surface area contributed by atoms with Gasteiger partial charge in [-0.3, -0.25) is 0 Å². The van der Waals surface area contributed by atoms with Crippen LogP contribution in [0.1, 0.15) is 0 Å². The highest BCUT2D eigenvalue weighted by Gasteiger charge is 2.04. The summed E-state index contributed by atoms with van der Waals surface area (Å²) in [6.07, 6.45) is 1.65. The van der Waals surface area contributed by atoms with Gasteiger partial charge in [-0.25, -0.2) is 0 Å². The molecule has 2 heterocycles. The molecule has 0 aliphatic rings. The van der Waals surface area contributed by atoms with E-state index in [9.17, 15) is 0 Å². The van der Waals surface area contributed by atoms with Crippen LogP contribution in [0.25, 0.3) is 10.6 Å². The van der Waals surface area contributed by atoms with Crippen molar-refractivity contribution in [3.05, 3.63) is 29.8 Å². The van der Waals surface area contributed by atoms with Crippen LogP contribution in [0.2, 0.25) is 0 Å². The van der Waals surface area contributed by atoms with E-state index in [-0.39, 0.29) is 0 Å². The smallest absolute Gasteiger partial charge is 0.145 e. The van der Waals surface area contributed by atoms with Gasteiger partial charge in [0.2, 0.25) is 0 Å². The molecule has 2 aromatic heterocycles. The zero-order valence-electron chi connectivity index (χ0n) is 5.78. The van der Waals surface area contributed by atoms with E-state index in [0.29, 0.717) is 0 Å². The molecule has 2 aromatic rings. The maximum absolute atomic E-state index is 5.68. The average Bonchev–Trinajstić information content (AvgIpc) is 2.55. The number of hydrogen-bond donors (Lipinski definition) is 1. The summed E-state index contributed by atoms with van der Waals surface area (Å²) in [5.74, 6) is 0.845. The molecule has 0 unspecified atom stereocenters. The molecule has 0 amide bonds. The predicted octanol–water partition coefficient (Wildman–Crippen LogP) is 2.59. The first-order chi connectivity index (χ1) is 5.38. The van der Waals surface area contributed by atoms with E-state index in [1.807, 2.05) is 23.6 Å².